The summed E-state index contributed by atoms with van der Waals surface area (Å²) in [5, 5.41) is 3.30. The van der Waals surface area contributed by atoms with E-state index in [1.165, 1.54) is 12.8 Å². The molecule has 104 valence electrons. The number of likely N-dealkylation sites (N-methyl/N-ethyl adjacent to an activating group) is 1. The molecule has 0 spiro atoms. The molecule has 0 aromatic carbocycles. The van der Waals surface area contributed by atoms with Gasteiger partial charge in [-0.25, -0.2) is 0 Å². The third kappa shape index (κ3) is 3.23. The van der Waals surface area contributed by atoms with Crippen LogP contribution in [-0.4, -0.2) is 50.2 Å². The molecule has 2 rings (SSSR count). The van der Waals surface area contributed by atoms with Crippen molar-refractivity contribution >= 4 is 5.91 Å². The number of rotatable bonds is 7. The Hall–Kier alpha value is -0.610. The van der Waals surface area contributed by atoms with Crippen LogP contribution in [0.5, 0.6) is 0 Å². The second-order valence-corrected chi connectivity index (χ2v) is 5.76. The molecule has 2 fully saturated rings. The van der Waals surface area contributed by atoms with E-state index in [4.69, 9.17) is 4.74 Å². The smallest absolute Gasteiger partial charge is 0.239 e. The highest BCUT2D eigenvalue weighted by Gasteiger charge is 2.45. The van der Waals surface area contributed by atoms with Crippen LogP contribution < -0.4 is 5.32 Å². The van der Waals surface area contributed by atoms with Gasteiger partial charge < -0.3 is 15.0 Å². The molecular formula is C14H26N2O2. The summed E-state index contributed by atoms with van der Waals surface area (Å²) in [7, 11) is 1.75. The number of carbonyl (C=O) groups is 1. The van der Waals surface area contributed by atoms with Gasteiger partial charge in [-0.1, -0.05) is 6.92 Å². The molecule has 18 heavy (non-hydrogen) atoms. The Morgan fingerprint density at radius 3 is 2.89 bits per heavy atom. The molecule has 0 radical (unpaired) electrons. The first-order valence-electron chi connectivity index (χ1n) is 7.22. The van der Waals surface area contributed by atoms with Gasteiger partial charge in [0.2, 0.25) is 5.91 Å². The van der Waals surface area contributed by atoms with Crippen molar-refractivity contribution in [3.05, 3.63) is 0 Å². The Morgan fingerprint density at radius 1 is 1.50 bits per heavy atom. The summed E-state index contributed by atoms with van der Waals surface area (Å²) in [6.07, 6.45) is 5.73. The molecule has 1 N–H and O–H groups in total. The van der Waals surface area contributed by atoms with E-state index in [1.54, 1.807) is 7.11 Å². The minimum Gasteiger partial charge on any atom is -0.385 e. The van der Waals surface area contributed by atoms with Crippen molar-refractivity contribution < 1.29 is 9.53 Å². The lowest BCUT2D eigenvalue weighted by molar-refractivity contribution is -0.137. The predicted octanol–water partition coefficient (Wildman–Crippen LogP) is 1.40. The summed E-state index contributed by atoms with van der Waals surface area (Å²) in [6.45, 7) is 5.64. The SMILES string of the molecule is CCNC1CCCN(CC2(CCOC)CC2)C1=O. The molecule has 1 saturated carbocycles. The van der Waals surface area contributed by atoms with Gasteiger partial charge in [-0.3, -0.25) is 4.79 Å². The molecule has 1 aliphatic heterocycles. The van der Waals surface area contributed by atoms with Crippen LogP contribution in [0.2, 0.25) is 0 Å². The van der Waals surface area contributed by atoms with Gasteiger partial charge in [0.05, 0.1) is 6.04 Å². The van der Waals surface area contributed by atoms with E-state index in [9.17, 15) is 4.79 Å². The number of likely N-dealkylation sites (tertiary alicyclic amines) is 1. The van der Waals surface area contributed by atoms with Gasteiger partial charge in [0.25, 0.3) is 0 Å². The molecule has 0 bridgehead atoms. The molecular weight excluding hydrogens is 228 g/mol. The quantitative estimate of drug-likeness (QED) is 0.747. The maximum atomic E-state index is 12.3. The number of hydrogen-bond acceptors (Lipinski definition) is 3. The fourth-order valence-electron chi connectivity index (χ4n) is 2.92. The maximum absolute atomic E-state index is 12.3. The summed E-state index contributed by atoms with van der Waals surface area (Å²) >= 11 is 0. The van der Waals surface area contributed by atoms with Crippen LogP contribution in [0.3, 0.4) is 0 Å². The van der Waals surface area contributed by atoms with Crippen molar-refractivity contribution in [2.24, 2.45) is 5.41 Å². The van der Waals surface area contributed by atoms with Gasteiger partial charge in [0, 0.05) is 26.8 Å². The number of carbonyl (C=O) groups excluding carboxylic acids is 1. The van der Waals surface area contributed by atoms with Gasteiger partial charge in [0.1, 0.15) is 0 Å². The lowest BCUT2D eigenvalue weighted by Gasteiger charge is -2.35. The minimum absolute atomic E-state index is 0.0574. The molecule has 1 aliphatic carbocycles. The molecule has 1 heterocycles. The molecule has 2 aliphatic rings. The Balaban J connectivity index is 1.86. The van der Waals surface area contributed by atoms with Crippen LogP contribution in [0.4, 0.5) is 0 Å². The summed E-state index contributed by atoms with van der Waals surface area (Å²) in [5.41, 5.74) is 0.375. The van der Waals surface area contributed by atoms with E-state index in [0.29, 0.717) is 11.3 Å². The average Bonchev–Trinajstić information content (AvgIpc) is 3.13. The van der Waals surface area contributed by atoms with E-state index in [1.807, 2.05) is 0 Å². The van der Waals surface area contributed by atoms with E-state index in [0.717, 1.165) is 45.5 Å². The number of ether oxygens (including phenoxy) is 1. The Kier molecular flexibility index (Phi) is 4.62. The Labute approximate surface area is 110 Å². The number of methoxy groups -OCH3 is 1. The largest absolute Gasteiger partial charge is 0.385 e. The number of hydrogen-bond donors (Lipinski definition) is 1. The highest BCUT2D eigenvalue weighted by atomic mass is 16.5. The van der Waals surface area contributed by atoms with Crippen LogP contribution in [0, 0.1) is 5.41 Å². The van der Waals surface area contributed by atoms with E-state index >= 15 is 0 Å². The first kappa shape index (κ1) is 13.8. The number of nitrogens with one attached hydrogen (secondary N) is 1. The van der Waals surface area contributed by atoms with Gasteiger partial charge in [0.15, 0.2) is 0 Å². The predicted molar refractivity (Wildman–Crippen MR) is 71.4 cm³/mol. The first-order chi connectivity index (χ1) is 8.71. The zero-order valence-electron chi connectivity index (χ0n) is 11.7. The fraction of sp³-hybridized carbons (Fsp3) is 0.929. The second-order valence-electron chi connectivity index (χ2n) is 5.76. The van der Waals surface area contributed by atoms with Crippen molar-refractivity contribution in [3.8, 4) is 0 Å². The summed E-state index contributed by atoms with van der Waals surface area (Å²) in [4.78, 5) is 14.4. The van der Waals surface area contributed by atoms with E-state index < -0.39 is 0 Å². The zero-order chi connectivity index (χ0) is 13.0. The van der Waals surface area contributed by atoms with Crippen molar-refractivity contribution in [2.75, 3.05) is 33.4 Å². The van der Waals surface area contributed by atoms with Crippen LogP contribution in [0.25, 0.3) is 0 Å². The highest BCUT2D eigenvalue weighted by molar-refractivity contribution is 5.82. The second kappa shape index (κ2) is 6.02. The van der Waals surface area contributed by atoms with Crippen molar-refractivity contribution in [3.63, 3.8) is 0 Å². The lowest BCUT2D eigenvalue weighted by Crippen LogP contribution is -2.52. The molecule has 1 saturated heterocycles. The summed E-state index contributed by atoms with van der Waals surface area (Å²) < 4.78 is 5.18. The van der Waals surface area contributed by atoms with Gasteiger partial charge in [-0.2, -0.15) is 0 Å². The molecule has 0 aromatic heterocycles. The van der Waals surface area contributed by atoms with Crippen molar-refractivity contribution in [1.29, 1.82) is 0 Å². The third-order valence-corrected chi connectivity index (χ3v) is 4.30. The molecule has 1 atom stereocenters. The third-order valence-electron chi connectivity index (χ3n) is 4.30. The monoisotopic (exact) mass is 254 g/mol. The molecule has 4 heteroatoms. The maximum Gasteiger partial charge on any atom is 0.239 e. The normalized spacial score (nSPS) is 26.4. The number of piperidine rings is 1. The molecule has 1 unspecified atom stereocenters. The van der Waals surface area contributed by atoms with Crippen LogP contribution >= 0.6 is 0 Å². The van der Waals surface area contributed by atoms with Crippen molar-refractivity contribution in [1.82, 2.24) is 10.2 Å². The van der Waals surface area contributed by atoms with E-state index in [-0.39, 0.29) is 6.04 Å². The standard InChI is InChI=1S/C14H26N2O2/c1-3-15-12-5-4-9-16(13(12)17)11-14(6-7-14)8-10-18-2/h12,15H,3-11H2,1-2H3. The number of nitrogens with zero attached hydrogens (tertiary/aromatic N) is 1. The van der Waals surface area contributed by atoms with Gasteiger partial charge >= 0.3 is 0 Å². The highest BCUT2D eigenvalue weighted by Crippen LogP contribution is 2.49. The fourth-order valence-corrected chi connectivity index (χ4v) is 2.92. The first-order valence-corrected chi connectivity index (χ1v) is 7.22. The average molecular weight is 254 g/mol. The van der Waals surface area contributed by atoms with Crippen molar-refractivity contribution in [2.45, 2.75) is 45.1 Å². The Bertz CT molecular complexity index is 288. The molecule has 1 amide bonds. The topological polar surface area (TPSA) is 41.6 Å². The summed E-state index contributed by atoms with van der Waals surface area (Å²) in [6, 6.07) is 0.0574. The molecule has 4 nitrogen and oxygen atoms in total. The summed E-state index contributed by atoms with van der Waals surface area (Å²) in [5.74, 6) is 0.312. The zero-order valence-corrected chi connectivity index (χ0v) is 11.7. The molecule has 0 aromatic rings. The minimum atomic E-state index is 0.0574. The van der Waals surface area contributed by atoms with Crippen LogP contribution in [0.15, 0.2) is 0 Å². The van der Waals surface area contributed by atoms with Crippen LogP contribution in [-0.2, 0) is 9.53 Å². The van der Waals surface area contributed by atoms with Gasteiger partial charge in [-0.15, -0.1) is 0 Å². The number of amides is 1. The van der Waals surface area contributed by atoms with Crippen LogP contribution in [0.1, 0.15) is 39.0 Å². The van der Waals surface area contributed by atoms with Gasteiger partial charge in [-0.05, 0) is 44.1 Å². The Morgan fingerprint density at radius 2 is 2.28 bits per heavy atom. The van der Waals surface area contributed by atoms with E-state index in [2.05, 4.69) is 17.1 Å². The lowest BCUT2D eigenvalue weighted by atomic mass is 9.98.